The molecule has 0 bridgehead atoms. The number of amides is 2. The average molecular weight is 309 g/mol. The van der Waals surface area contributed by atoms with Crippen molar-refractivity contribution in [1.82, 2.24) is 15.5 Å². The number of rotatable bonds is 4. The van der Waals surface area contributed by atoms with Crippen LogP contribution in [0.3, 0.4) is 0 Å². The van der Waals surface area contributed by atoms with Gasteiger partial charge >= 0.3 is 0 Å². The van der Waals surface area contributed by atoms with E-state index in [0.29, 0.717) is 31.2 Å². The van der Waals surface area contributed by atoms with Gasteiger partial charge < -0.3 is 15.5 Å². The van der Waals surface area contributed by atoms with Gasteiger partial charge in [-0.25, -0.2) is 0 Å². The van der Waals surface area contributed by atoms with E-state index in [2.05, 4.69) is 17.6 Å². The molecule has 22 heavy (non-hydrogen) atoms. The van der Waals surface area contributed by atoms with Gasteiger partial charge in [0.1, 0.15) is 0 Å². The van der Waals surface area contributed by atoms with Crippen LogP contribution in [0.4, 0.5) is 0 Å². The maximum atomic E-state index is 12.3. The fourth-order valence-electron chi connectivity index (χ4n) is 3.61. The van der Waals surface area contributed by atoms with E-state index in [-0.39, 0.29) is 23.4 Å². The van der Waals surface area contributed by atoms with Crippen LogP contribution in [0.25, 0.3) is 0 Å². The third-order valence-corrected chi connectivity index (χ3v) is 5.00. The second kappa shape index (κ2) is 6.99. The minimum absolute atomic E-state index is 0.0283. The molecule has 0 aliphatic carbocycles. The number of hydrogen-bond acceptors (Lipinski definition) is 3. The van der Waals surface area contributed by atoms with Gasteiger partial charge in [-0.1, -0.05) is 6.92 Å². The Labute approximate surface area is 134 Å². The van der Waals surface area contributed by atoms with Crippen molar-refractivity contribution < 1.29 is 9.59 Å². The van der Waals surface area contributed by atoms with Crippen LogP contribution in [0.15, 0.2) is 0 Å². The number of carbonyl (C=O) groups is 2. The molecule has 0 aromatic heterocycles. The maximum Gasteiger partial charge on any atom is 0.225 e. The van der Waals surface area contributed by atoms with Gasteiger partial charge in [0.05, 0.1) is 6.04 Å². The molecule has 2 N–H and O–H groups in total. The van der Waals surface area contributed by atoms with Crippen LogP contribution in [-0.2, 0) is 9.59 Å². The number of likely N-dealkylation sites (tertiary alicyclic amines) is 1. The summed E-state index contributed by atoms with van der Waals surface area (Å²) < 4.78 is 0. The monoisotopic (exact) mass is 309 g/mol. The number of piperidine rings is 1. The minimum atomic E-state index is -0.168. The highest BCUT2D eigenvalue weighted by Crippen LogP contribution is 2.25. The molecule has 0 aromatic rings. The van der Waals surface area contributed by atoms with Crippen molar-refractivity contribution in [3.8, 4) is 0 Å². The summed E-state index contributed by atoms with van der Waals surface area (Å²) in [6.07, 6.45) is 3.33. The van der Waals surface area contributed by atoms with E-state index in [0.717, 1.165) is 25.9 Å². The SMILES string of the molecule is CC(CC(=O)NC1CC(=O)N(C(C)(C)C)C1)C1CCNCC1. The molecule has 2 unspecified atom stereocenters. The van der Waals surface area contributed by atoms with Gasteiger partial charge in [-0.05, 0) is 58.5 Å². The smallest absolute Gasteiger partial charge is 0.225 e. The van der Waals surface area contributed by atoms with E-state index in [1.165, 1.54) is 0 Å². The Kier molecular flexibility index (Phi) is 5.48. The standard InChI is InChI=1S/C17H31N3O2/c1-12(13-5-7-18-8-6-13)9-15(21)19-14-10-16(22)20(11-14)17(2,3)4/h12-14,18H,5-11H2,1-4H3,(H,19,21). The normalized spacial score (nSPS) is 25.4. The van der Waals surface area contributed by atoms with E-state index >= 15 is 0 Å². The van der Waals surface area contributed by atoms with E-state index < -0.39 is 0 Å². The van der Waals surface area contributed by atoms with Crippen molar-refractivity contribution in [2.75, 3.05) is 19.6 Å². The van der Waals surface area contributed by atoms with Crippen molar-refractivity contribution >= 4 is 11.8 Å². The third kappa shape index (κ3) is 4.45. The highest BCUT2D eigenvalue weighted by atomic mass is 16.2. The van der Waals surface area contributed by atoms with E-state index in [1.807, 2.05) is 25.7 Å². The van der Waals surface area contributed by atoms with Crippen molar-refractivity contribution in [2.45, 2.75) is 65.0 Å². The average Bonchev–Trinajstić information content (AvgIpc) is 2.80. The van der Waals surface area contributed by atoms with E-state index in [4.69, 9.17) is 0 Å². The minimum Gasteiger partial charge on any atom is -0.351 e. The first-order valence-corrected chi connectivity index (χ1v) is 8.58. The Morgan fingerprint density at radius 3 is 2.55 bits per heavy atom. The number of nitrogens with zero attached hydrogens (tertiary/aromatic N) is 1. The molecule has 2 rings (SSSR count). The largest absolute Gasteiger partial charge is 0.351 e. The first-order chi connectivity index (χ1) is 10.3. The Hall–Kier alpha value is -1.10. The third-order valence-electron chi connectivity index (χ3n) is 5.00. The zero-order chi connectivity index (χ0) is 16.3. The van der Waals surface area contributed by atoms with Crippen molar-refractivity contribution in [2.24, 2.45) is 11.8 Å². The summed E-state index contributed by atoms with van der Waals surface area (Å²) >= 11 is 0. The fourth-order valence-corrected chi connectivity index (χ4v) is 3.61. The molecule has 2 fully saturated rings. The molecule has 0 spiro atoms. The van der Waals surface area contributed by atoms with Crippen LogP contribution in [-0.4, -0.2) is 47.9 Å². The molecule has 2 aliphatic rings. The summed E-state index contributed by atoms with van der Waals surface area (Å²) in [4.78, 5) is 26.2. The summed E-state index contributed by atoms with van der Waals surface area (Å²) in [5.41, 5.74) is -0.168. The van der Waals surface area contributed by atoms with Gasteiger partial charge in [0, 0.05) is 24.9 Å². The van der Waals surface area contributed by atoms with Crippen molar-refractivity contribution in [3.05, 3.63) is 0 Å². The lowest BCUT2D eigenvalue weighted by molar-refractivity contribution is -0.131. The molecule has 2 amide bonds. The molecular formula is C17H31N3O2. The predicted molar refractivity (Wildman–Crippen MR) is 87.4 cm³/mol. The molecule has 126 valence electrons. The second-order valence-electron chi connectivity index (χ2n) is 7.91. The topological polar surface area (TPSA) is 61.4 Å². The maximum absolute atomic E-state index is 12.3. The first-order valence-electron chi connectivity index (χ1n) is 8.58. The highest BCUT2D eigenvalue weighted by molar-refractivity contribution is 5.82. The zero-order valence-electron chi connectivity index (χ0n) is 14.4. The molecule has 0 radical (unpaired) electrons. The Morgan fingerprint density at radius 1 is 1.36 bits per heavy atom. The number of nitrogens with one attached hydrogen (secondary N) is 2. The fraction of sp³-hybridized carbons (Fsp3) is 0.882. The highest BCUT2D eigenvalue weighted by Gasteiger charge is 2.37. The van der Waals surface area contributed by atoms with Crippen LogP contribution in [0.2, 0.25) is 0 Å². The number of carbonyl (C=O) groups excluding carboxylic acids is 2. The Bertz CT molecular complexity index is 411. The molecule has 0 saturated carbocycles. The summed E-state index contributed by atoms with van der Waals surface area (Å²) in [5, 5.41) is 6.43. The van der Waals surface area contributed by atoms with Crippen LogP contribution in [0.1, 0.15) is 53.4 Å². The van der Waals surface area contributed by atoms with Gasteiger partial charge in [0.2, 0.25) is 11.8 Å². The van der Waals surface area contributed by atoms with Gasteiger partial charge in [0.25, 0.3) is 0 Å². The van der Waals surface area contributed by atoms with E-state index in [1.54, 1.807) is 0 Å². The van der Waals surface area contributed by atoms with E-state index in [9.17, 15) is 9.59 Å². The van der Waals surface area contributed by atoms with Gasteiger partial charge in [0.15, 0.2) is 0 Å². The zero-order valence-corrected chi connectivity index (χ0v) is 14.4. The second-order valence-corrected chi connectivity index (χ2v) is 7.91. The summed E-state index contributed by atoms with van der Waals surface area (Å²) in [6.45, 7) is 11.0. The molecule has 5 heteroatoms. The first kappa shape index (κ1) is 17.3. The van der Waals surface area contributed by atoms with Gasteiger partial charge in [-0.2, -0.15) is 0 Å². The lowest BCUT2D eigenvalue weighted by Crippen LogP contribution is -2.45. The Balaban J connectivity index is 1.79. The molecule has 2 heterocycles. The molecule has 2 aliphatic heterocycles. The summed E-state index contributed by atoms with van der Waals surface area (Å²) in [6, 6.07) is -0.0283. The van der Waals surface area contributed by atoms with Crippen molar-refractivity contribution in [1.29, 1.82) is 0 Å². The molecule has 2 atom stereocenters. The lowest BCUT2D eigenvalue weighted by Gasteiger charge is -2.32. The molecule has 0 aromatic carbocycles. The van der Waals surface area contributed by atoms with Gasteiger partial charge in [-0.3, -0.25) is 9.59 Å². The van der Waals surface area contributed by atoms with Crippen LogP contribution in [0.5, 0.6) is 0 Å². The molecule has 2 saturated heterocycles. The van der Waals surface area contributed by atoms with Crippen LogP contribution in [0, 0.1) is 11.8 Å². The lowest BCUT2D eigenvalue weighted by atomic mass is 9.84. The molecular weight excluding hydrogens is 278 g/mol. The summed E-state index contributed by atoms with van der Waals surface area (Å²) in [7, 11) is 0. The molecule has 5 nitrogen and oxygen atoms in total. The quantitative estimate of drug-likeness (QED) is 0.828. The Morgan fingerprint density at radius 2 is 2.00 bits per heavy atom. The predicted octanol–water partition coefficient (Wildman–Crippen LogP) is 1.53. The van der Waals surface area contributed by atoms with Crippen molar-refractivity contribution in [3.63, 3.8) is 0 Å². The number of hydrogen-bond donors (Lipinski definition) is 2. The summed E-state index contributed by atoms with van der Waals surface area (Å²) in [5.74, 6) is 1.30. The van der Waals surface area contributed by atoms with Gasteiger partial charge in [-0.15, -0.1) is 0 Å². The van der Waals surface area contributed by atoms with Crippen LogP contribution >= 0.6 is 0 Å². The van der Waals surface area contributed by atoms with Crippen LogP contribution < -0.4 is 10.6 Å².